The standard InChI is InChI=1S/C18H18N2O4S/c1-12(24-17(22)9-8-13-5-4-10-25-13)18(23)20-11-16(21)19-14-6-2-3-7-15(14)20/h2-7,10,12H,8-9,11H2,1H3,(H,19,21)/t12-/m1/s1. The van der Waals surface area contributed by atoms with Crippen molar-refractivity contribution < 1.29 is 19.1 Å². The Balaban J connectivity index is 1.62. The zero-order chi connectivity index (χ0) is 17.8. The molecule has 1 N–H and O–H groups in total. The summed E-state index contributed by atoms with van der Waals surface area (Å²) in [6.07, 6.45) is -0.142. The van der Waals surface area contributed by atoms with E-state index in [9.17, 15) is 14.4 Å². The maximum Gasteiger partial charge on any atom is 0.306 e. The van der Waals surface area contributed by atoms with Crippen molar-refractivity contribution in [2.45, 2.75) is 25.9 Å². The Morgan fingerprint density at radius 2 is 2.08 bits per heavy atom. The number of hydrogen-bond donors (Lipinski definition) is 1. The normalized spacial score (nSPS) is 14.4. The van der Waals surface area contributed by atoms with Crippen LogP contribution in [0, 0.1) is 0 Å². The Labute approximate surface area is 149 Å². The van der Waals surface area contributed by atoms with Crippen molar-refractivity contribution in [2.24, 2.45) is 0 Å². The van der Waals surface area contributed by atoms with Crippen LogP contribution in [0.4, 0.5) is 11.4 Å². The molecule has 0 fully saturated rings. The zero-order valence-electron chi connectivity index (χ0n) is 13.7. The summed E-state index contributed by atoms with van der Waals surface area (Å²) in [6, 6.07) is 10.9. The molecular formula is C18H18N2O4S. The number of anilines is 2. The molecule has 0 saturated carbocycles. The van der Waals surface area contributed by atoms with Crippen LogP contribution in [0.15, 0.2) is 41.8 Å². The number of thiophene rings is 1. The summed E-state index contributed by atoms with van der Waals surface area (Å²) < 4.78 is 5.26. The number of fused-ring (bicyclic) bond motifs is 1. The minimum atomic E-state index is -0.949. The molecule has 0 radical (unpaired) electrons. The van der Waals surface area contributed by atoms with Gasteiger partial charge in [0.1, 0.15) is 6.54 Å². The molecule has 7 heteroatoms. The molecule has 1 aromatic heterocycles. The van der Waals surface area contributed by atoms with Gasteiger partial charge in [0.15, 0.2) is 6.10 Å². The number of para-hydroxylation sites is 2. The number of nitrogens with zero attached hydrogens (tertiary/aromatic N) is 1. The molecule has 130 valence electrons. The number of carbonyl (C=O) groups is 3. The summed E-state index contributed by atoms with van der Waals surface area (Å²) in [6.45, 7) is 1.44. The van der Waals surface area contributed by atoms with Crippen LogP contribution in [-0.4, -0.2) is 30.4 Å². The van der Waals surface area contributed by atoms with E-state index < -0.39 is 18.0 Å². The lowest BCUT2D eigenvalue weighted by atomic mass is 10.1. The summed E-state index contributed by atoms with van der Waals surface area (Å²) in [4.78, 5) is 38.9. The Morgan fingerprint density at radius 3 is 2.84 bits per heavy atom. The maximum atomic E-state index is 12.6. The van der Waals surface area contributed by atoms with Crippen LogP contribution >= 0.6 is 11.3 Å². The van der Waals surface area contributed by atoms with E-state index in [1.165, 1.54) is 11.8 Å². The number of carbonyl (C=O) groups excluding carboxylic acids is 3. The largest absolute Gasteiger partial charge is 0.453 e. The van der Waals surface area contributed by atoms with Crippen molar-refractivity contribution in [1.29, 1.82) is 0 Å². The lowest BCUT2D eigenvalue weighted by Crippen LogP contribution is -2.47. The first-order valence-electron chi connectivity index (χ1n) is 7.96. The summed E-state index contributed by atoms with van der Waals surface area (Å²) in [5.74, 6) is -1.11. The Morgan fingerprint density at radius 1 is 1.28 bits per heavy atom. The van der Waals surface area contributed by atoms with E-state index in [1.807, 2.05) is 17.5 Å². The van der Waals surface area contributed by atoms with Gasteiger partial charge in [-0.3, -0.25) is 19.3 Å². The fraction of sp³-hybridized carbons (Fsp3) is 0.278. The quantitative estimate of drug-likeness (QED) is 0.834. The van der Waals surface area contributed by atoms with Crippen molar-refractivity contribution in [3.05, 3.63) is 46.7 Å². The van der Waals surface area contributed by atoms with Gasteiger partial charge in [-0.05, 0) is 36.9 Å². The van der Waals surface area contributed by atoms with E-state index in [2.05, 4.69) is 5.32 Å². The molecule has 2 amide bonds. The monoisotopic (exact) mass is 358 g/mol. The van der Waals surface area contributed by atoms with E-state index in [-0.39, 0.29) is 18.9 Å². The average Bonchev–Trinajstić information content (AvgIpc) is 3.12. The molecule has 0 aliphatic carbocycles. The number of esters is 1. The number of nitrogens with one attached hydrogen (secondary N) is 1. The van der Waals surface area contributed by atoms with Crippen molar-refractivity contribution in [2.75, 3.05) is 16.8 Å². The van der Waals surface area contributed by atoms with Gasteiger partial charge in [-0.15, -0.1) is 11.3 Å². The number of amides is 2. The number of rotatable bonds is 5. The van der Waals surface area contributed by atoms with Gasteiger partial charge in [-0.1, -0.05) is 18.2 Å². The van der Waals surface area contributed by atoms with E-state index >= 15 is 0 Å². The first kappa shape index (κ1) is 17.2. The third-order valence-corrected chi connectivity index (χ3v) is 4.78. The lowest BCUT2D eigenvalue weighted by Gasteiger charge is -2.30. The van der Waals surface area contributed by atoms with Crippen LogP contribution in [-0.2, 0) is 25.5 Å². The predicted molar refractivity (Wildman–Crippen MR) is 95.6 cm³/mol. The molecule has 6 nitrogen and oxygen atoms in total. The van der Waals surface area contributed by atoms with Gasteiger partial charge in [0.2, 0.25) is 5.91 Å². The van der Waals surface area contributed by atoms with Gasteiger partial charge < -0.3 is 10.1 Å². The average molecular weight is 358 g/mol. The van der Waals surface area contributed by atoms with Gasteiger partial charge >= 0.3 is 5.97 Å². The fourth-order valence-electron chi connectivity index (χ4n) is 2.64. The first-order valence-corrected chi connectivity index (χ1v) is 8.84. The minimum absolute atomic E-state index is 0.0903. The van der Waals surface area contributed by atoms with E-state index in [1.54, 1.807) is 35.6 Å². The molecule has 3 rings (SSSR count). The highest BCUT2D eigenvalue weighted by molar-refractivity contribution is 7.09. The molecule has 0 saturated heterocycles. The lowest BCUT2D eigenvalue weighted by molar-refractivity contribution is -0.153. The molecular weight excluding hydrogens is 340 g/mol. The molecule has 1 atom stereocenters. The zero-order valence-corrected chi connectivity index (χ0v) is 14.5. The summed E-state index contributed by atoms with van der Waals surface area (Å²) in [5, 5.41) is 4.67. The second-order valence-electron chi connectivity index (χ2n) is 5.70. The summed E-state index contributed by atoms with van der Waals surface area (Å²) in [5.41, 5.74) is 1.18. The van der Waals surface area contributed by atoms with Crippen molar-refractivity contribution >= 4 is 40.5 Å². The highest BCUT2D eigenvalue weighted by Crippen LogP contribution is 2.29. The molecule has 2 aromatic rings. The Hall–Kier alpha value is -2.67. The maximum absolute atomic E-state index is 12.6. The second kappa shape index (κ2) is 7.48. The number of aryl methyl sites for hydroxylation is 1. The van der Waals surface area contributed by atoms with Gasteiger partial charge in [0.25, 0.3) is 5.91 Å². The highest BCUT2D eigenvalue weighted by atomic mass is 32.1. The van der Waals surface area contributed by atoms with E-state index in [0.29, 0.717) is 17.8 Å². The third kappa shape index (κ3) is 4.06. The molecule has 1 aliphatic heterocycles. The fourth-order valence-corrected chi connectivity index (χ4v) is 3.34. The molecule has 0 bridgehead atoms. The molecule has 25 heavy (non-hydrogen) atoms. The van der Waals surface area contributed by atoms with Crippen LogP contribution in [0.3, 0.4) is 0 Å². The van der Waals surface area contributed by atoms with Crippen LogP contribution in [0.5, 0.6) is 0 Å². The van der Waals surface area contributed by atoms with Crippen LogP contribution in [0.1, 0.15) is 18.2 Å². The van der Waals surface area contributed by atoms with Gasteiger partial charge in [0.05, 0.1) is 17.8 Å². The van der Waals surface area contributed by atoms with Crippen LogP contribution in [0.2, 0.25) is 0 Å². The summed E-state index contributed by atoms with van der Waals surface area (Å²) in [7, 11) is 0. The van der Waals surface area contributed by atoms with Crippen LogP contribution in [0.25, 0.3) is 0 Å². The second-order valence-corrected chi connectivity index (χ2v) is 6.73. The predicted octanol–water partition coefficient (Wildman–Crippen LogP) is 2.60. The van der Waals surface area contributed by atoms with Gasteiger partial charge in [0, 0.05) is 4.88 Å². The first-order chi connectivity index (χ1) is 12.0. The number of hydrogen-bond acceptors (Lipinski definition) is 5. The van der Waals surface area contributed by atoms with E-state index in [0.717, 1.165) is 4.88 Å². The van der Waals surface area contributed by atoms with Crippen molar-refractivity contribution in [3.63, 3.8) is 0 Å². The number of benzene rings is 1. The van der Waals surface area contributed by atoms with E-state index in [4.69, 9.17) is 4.74 Å². The Bertz CT molecular complexity index is 788. The van der Waals surface area contributed by atoms with Crippen LogP contribution < -0.4 is 10.2 Å². The van der Waals surface area contributed by atoms with Gasteiger partial charge in [-0.25, -0.2) is 0 Å². The molecule has 2 heterocycles. The smallest absolute Gasteiger partial charge is 0.306 e. The molecule has 0 unspecified atom stereocenters. The Kier molecular flexibility index (Phi) is 5.14. The van der Waals surface area contributed by atoms with Gasteiger partial charge in [-0.2, -0.15) is 0 Å². The minimum Gasteiger partial charge on any atom is -0.453 e. The topological polar surface area (TPSA) is 75.7 Å². The molecule has 1 aliphatic rings. The highest BCUT2D eigenvalue weighted by Gasteiger charge is 2.31. The van der Waals surface area contributed by atoms with Crippen molar-refractivity contribution in [1.82, 2.24) is 0 Å². The number of ether oxygens (including phenoxy) is 1. The summed E-state index contributed by atoms with van der Waals surface area (Å²) >= 11 is 1.58. The third-order valence-electron chi connectivity index (χ3n) is 3.85. The van der Waals surface area contributed by atoms with Crippen molar-refractivity contribution in [3.8, 4) is 0 Å². The molecule has 1 aromatic carbocycles. The SMILES string of the molecule is C[C@@H](OC(=O)CCc1cccs1)C(=O)N1CC(=O)Nc2ccccc21. The molecule has 0 spiro atoms.